The highest BCUT2D eigenvalue weighted by Gasteiger charge is 2.31. The molecule has 1 saturated carbocycles. The Kier molecular flexibility index (Phi) is 10.5. The van der Waals surface area contributed by atoms with E-state index in [1.807, 2.05) is 23.1 Å². The van der Waals surface area contributed by atoms with Crippen LogP contribution in [0.25, 0.3) is 0 Å². The minimum Gasteiger partial charge on any atom is -0.497 e. The lowest BCUT2D eigenvalue weighted by molar-refractivity contribution is -0.135. The smallest absolute Gasteiger partial charge is 0.225 e. The second-order valence-corrected chi connectivity index (χ2v) is 8.36. The zero-order valence-corrected chi connectivity index (χ0v) is 21.0. The quantitative estimate of drug-likeness (QED) is 0.322. The summed E-state index contributed by atoms with van der Waals surface area (Å²) in [5.74, 6) is 2.13. The van der Waals surface area contributed by atoms with Crippen LogP contribution in [0.15, 0.2) is 23.2 Å². The van der Waals surface area contributed by atoms with E-state index in [9.17, 15) is 4.79 Å². The zero-order valence-electron chi connectivity index (χ0n) is 18.0. The molecule has 1 unspecified atom stereocenters. The van der Waals surface area contributed by atoms with Gasteiger partial charge < -0.3 is 20.3 Å². The Hall–Kier alpha value is -1.22. The predicted molar refractivity (Wildman–Crippen MR) is 133 cm³/mol. The molecule has 2 aliphatic rings. The second kappa shape index (κ2) is 12.6. The van der Waals surface area contributed by atoms with Gasteiger partial charge in [0.05, 0.1) is 7.11 Å². The molecular weight excluding hydrogens is 515 g/mol. The lowest BCUT2D eigenvalue weighted by atomic mass is 9.88. The van der Waals surface area contributed by atoms with Crippen molar-refractivity contribution < 1.29 is 9.53 Å². The molecule has 0 spiro atoms. The molecule has 30 heavy (non-hydrogen) atoms. The third-order valence-corrected chi connectivity index (χ3v) is 6.32. The van der Waals surface area contributed by atoms with Gasteiger partial charge in [-0.05, 0) is 43.4 Å². The largest absolute Gasteiger partial charge is 0.497 e. The number of halogens is 2. The van der Waals surface area contributed by atoms with E-state index in [2.05, 4.69) is 15.6 Å². The molecule has 1 aromatic rings. The van der Waals surface area contributed by atoms with Crippen molar-refractivity contribution in [2.75, 3.05) is 33.8 Å². The summed E-state index contributed by atoms with van der Waals surface area (Å²) in [6.45, 7) is 2.33. The van der Waals surface area contributed by atoms with Crippen molar-refractivity contribution in [2.45, 2.75) is 51.0 Å². The summed E-state index contributed by atoms with van der Waals surface area (Å²) in [6.07, 6.45) is 7.54. The van der Waals surface area contributed by atoms with Crippen molar-refractivity contribution in [1.82, 2.24) is 15.5 Å². The topological polar surface area (TPSA) is 66.0 Å². The highest BCUT2D eigenvalue weighted by Crippen LogP contribution is 2.27. The fraction of sp³-hybridized carbons (Fsp3) is 0.636. The summed E-state index contributed by atoms with van der Waals surface area (Å²) in [6, 6.07) is 5.99. The maximum atomic E-state index is 12.7. The van der Waals surface area contributed by atoms with Crippen molar-refractivity contribution in [1.29, 1.82) is 0 Å². The molecule has 1 atom stereocenters. The highest BCUT2D eigenvalue weighted by atomic mass is 127. The molecule has 8 heteroatoms. The third-order valence-electron chi connectivity index (χ3n) is 5.97. The van der Waals surface area contributed by atoms with E-state index >= 15 is 0 Å². The van der Waals surface area contributed by atoms with Gasteiger partial charge in [0.15, 0.2) is 5.96 Å². The summed E-state index contributed by atoms with van der Waals surface area (Å²) in [5, 5.41) is 7.53. The molecule has 0 bridgehead atoms. The van der Waals surface area contributed by atoms with Gasteiger partial charge in [0.25, 0.3) is 0 Å². The molecule has 0 aromatic heterocycles. The minimum atomic E-state index is 0. The van der Waals surface area contributed by atoms with Crippen molar-refractivity contribution in [2.24, 2.45) is 10.9 Å². The molecule has 0 radical (unpaired) electrons. The first-order valence-electron chi connectivity index (χ1n) is 10.7. The van der Waals surface area contributed by atoms with Crippen molar-refractivity contribution in [3.8, 4) is 5.75 Å². The van der Waals surface area contributed by atoms with E-state index in [0.29, 0.717) is 10.9 Å². The summed E-state index contributed by atoms with van der Waals surface area (Å²) < 4.78 is 5.19. The average molecular weight is 549 g/mol. The Morgan fingerprint density at radius 3 is 2.70 bits per heavy atom. The molecule has 168 valence electrons. The number of carbonyl (C=O) groups excluding carboxylic acids is 1. The first-order valence-corrected chi connectivity index (χ1v) is 11.1. The van der Waals surface area contributed by atoms with Gasteiger partial charge in [-0.3, -0.25) is 9.79 Å². The molecule has 1 amide bonds. The number of hydrogen-bond donors (Lipinski definition) is 2. The molecule has 1 saturated heterocycles. The second-order valence-electron chi connectivity index (χ2n) is 7.96. The van der Waals surface area contributed by atoms with Gasteiger partial charge in [0.2, 0.25) is 5.91 Å². The fourth-order valence-electron chi connectivity index (χ4n) is 4.25. The van der Waals surface area contributed by atoms with Gasteiger partial charge in [-0.25, -0.2) is 0 Å². The normalized spacial score (nSPS) is 19.9. The Labute approximate surface area is 202 Å². The molecule has 2 N–H and O–H groups in total. The molecule has 3 rings (SSSR count). The number of nitrogens with zero attached hydrogens (tertiary/aromatic N) is 2. The monoisotopic (exact) mass is 548 g/mol. The number of aliphatic imine (C=N–C) groups is 1. The molecule has 1 aliphatic heterocycles. The van der Waals surface area contributed by atoms with Crippen LogP contribution in [0.3, 0.4) is 0 Å². The Balaban J connectivity index is 0.00000320. The van der Waals surface area contributed by atoms with Crippen LogP contribution in [0.5, 0.6) is 5.75 Å². The van der Waals surface area contributed by atoms with Crippen molar-refractivity contribution in [3.63, 3.8) is 0 Å². The first-order chi connectivity index (χ1) is 14.1. The number of rotatable bonds is 6. The number of ether oxygens (including phenoxy) is 1. The molecule has 6 nitrogen and oxygen atoms in total. The van der Waals surface area contributed by atoms with E-state index in [0.717, 1.165) is 62.6 Å². The van der Waals surface area contributed by atoms with Crippen LogP contribution < -0.4 is 15.4 Å². The standard InChI is InChI=1S/C22H33ClN4O2.HI/c1-24-22(25-12-10-16-8-9-19(29-2)14-20(16)23)26-18-11-13-27(15-18)21(28)17-6-4-3-5-7-17;/h8-9,14,17-18H,3-7,10-13,15H2,1-2H3,(H2,24,25,26);1H. The van der Waals surface area contributed by atoms with Crippen molar-refractivity contribution in [3.05, 3.63) is 28.8 Å². The average Bonchev–Trinajstić information content (AvgIpc) is 3.22. The van der Waals surface area contributed by atoms with Gasteiger partial charge >= 0.3 is 0 Å². The van der Waals surface area contributed by atoms with Gasteiger partial charge in [-0.2, -0.15) is 0 Å². The van der Waals surface area contributed by atoms with E-state index in [4.69, 9.17) is 16.3 Å². The number of benzene rings is 1. The van der Waals surface area contributed by atoms with Gasteiger partial charge in [0, 0.05) is 43.7 Å². The van der Waals surface area contributed by atoms with Crippen LogP contribution in [0.1, 0.15) is 44.1 Å². The van der Waals surface area contributed by atoms with E-state index in [1.165, 1.54) is 19.3 Å². The van der Waals surface area contributed by atoms with Crippen LogP contribution in [0.2, 0.25) is 5.02 Å². The number of amides is 1. The molecule has 1 aliphatic carbocycles. The Bertz CT molecular complexity index is 725. The lowest BCUT2D eigenvalue weighted by Crippen LogP contribution is -2.46. The maximum Gasteiger partial charge on any atom is 0.225 e. The molecule has 2 fully saturated rings. The number of guanidine groups is 1. The van der Waals surface area contributed by atoms with E-state index < -0.39 is 0 Å². The number of likely N-dealkylation sites (tertiary alicyclic amines) is 1. The predicted octanol–water partition coefficient (Wildman–Crippen LogP) is 3.86. The molecular formula is C22H34ClIN4O2. The molecule has 1 heterocycles. The van der Waals surface area contributed by atoms with Crippen LogP contribution in [-0.2, 0) is 11.2 Å². The van der Waals surface area contributed by atoms with Crippen LogP contribution in [-0.4, -0.2) is 56.6 Å². The van der Waals surface area contributed by atoms with Crippen LogP contribution in [0.4, 0.5) is 0 Å². The summed E-state index contributed by atoms with van der Waals surface area (Å²) >= 11 is 6.31. The van der Waals surface area contributed by atoms with Gasteiger partial charge in [-0.15, -0.1) is 24.0 Å². The Morgan fingerprint density at radius 1 is 1.27 bits per heavy atom. The zero-order chi connectivity index (χ0) is 20.6. The van der Waals surface area contributed by atoms with E-state index in [-0.39, 0.29) is 35.9 Å². The number of carbonyl (C=O) groups is 1. The van der Waals surface area contributed by atoms with Gasteiger partial charge in [0.1, 0.15) is 5.75 Å². The number of methoxy groups -OCH3 is 1. The van der Waals surface area contributed by atoms with E-state index in [1.54, 1.807) is 14.2 Å². The highest BCUT2D eigenvalue weighted by molar-refractivity contribution is 14.0. The SMILES string of the molecule is CN=C(NCCc1ccc(OC)cc1Cl)NC1CCN(C(=O)C2CCCCC2)C1.I. The van der Waals surface area contributed by atoms with Crippen LogP contribution >= 0.6 is 35.6 Å². The third kappa shape index (κ3) is 6.90. The lowest BCUT2D eigenvalue weighted by Gasteiger charge is -2.26. The maximum absolute atomic E-state index is 12.7. The minimum absolute atomic E-state index is 0. The summed E-state index contributed by atoms with van der Waals surface area (Å²) in [5.41, 5.74) is 1.07. The summed E-state index contributed by atoms with van der Waals surface area (Å²) in [7, 11) is 3.41. The molecule has 1 aromatic carbocycles. The van der Waals surface area contributed by atoms with Crippen molar-refractivity contribution >= 4 is 47.4 Å². The first kappa shape index (κ1) is 25.0. The fourth-order valence-corrected chi connectivity index (χ4v) is 4.51. The summed E-state index contributed by atoms with van der Waals surface area (Å²) in [4.78, 5) is 19.1. The number of hydrogen-bond acceptors (Lipinski definition) is 3. The van der Waals surface area contributed by atoms with Crippen LogP contribution in [0, 0.1) is 5.92 Å². The van der Waals surface area contributed by atoms with Gasteiger partial charge in [-0.1, -0.05) is 36.9 Å². The Morgan fingerprint density at radius 2 is 2.03 bits per heavy atom. The number of nitrogens with one attached hydrogen (secondary N) is 2.